The largest absolute Gasteiger partial charge is 0.396 e. The third kappa shape index (κ3) is 4.19. The number of hydrogen-bond donors (Lipinski definition) is 3. The highest BCUT2D eigenvalue weighted by atomic mass is 32.2. The van der Waals surface area contributed by atoms with Crippen LogP contribution in [0.3, 0.4) is 0 Å². The first-order valence-electron chi connectivity index (χ1n) is 9.33. The summed E-state index contributed by atoms with van der Waals surface area (Å²) in [7, 11) is -3.96. The molecule has 4 N–H and O–H groups in total. The molecule has 1 aromatic heterocycles. The highest BCUT2D eigenvalue weighted by molar-refractivity contribution is 7.92. The van der Waals surface area contributed by atoms with Crippen molar-refractivity contribution in [2.75, 3.05) is 12.9 Å². The molecule has 0 spiro atoms. The van der Waals surface area contributed by atoms with Crippen LogP contribution in [0.4, 0.5) is 0 Å². The number of aromatic nitrogens is 2. The maximum Gasteiger partial charge on any atom is 0.241 e. The molecule has 158 valence electrons. The van der Waals surface area contributed by atoms with Gasteiger partial charge < -0.3 is 15.9 Å². The highest BCUT2D eigenvalue weighted by Crippen LogP contribution is 2.36. The Kier molecular flexibility index (Phi) is 5.91. The zero-order chi connectivity index (χ0) is 22.1. The number of rotatable bonds is 6. The fourth-order valence-electron chi connectivity index (χ4n) is 3.10. The van der Waals surface area contributed by atoms with Gasteiger partial charge in [-0.2, -0.15) is 5.10 Å². The number of nitrogens with zero attached hydrogens (tertiary/aromatic N) is 2. The van der Waals surface area contributed by atoms with Crippen molar-refractivity contribution >= 4 is 26.6 Å². The third-order valence-electron chi connectivity index (χ3n) is 5.57. The zero-order valence-electron chi connectivity index (χ0n) is 16.7. The van der Waals surface area contributed by atoms with E-state index in [0.29, 0.717) is 5.52 Å². The molecule has 0 radical (unpaired) electrons. The van der Waals surface area contributed by atoms with Gasteiger partial charge in [0.25, 0.3) is 0 Å². The molecule has 1 aromatic carbocycles. The van der Waals surface area contributed by atoms with Gasteiger partial charge in [0.1, 0.15) is 6.10 Å². The molecule has 0 saturated heterocycles. The monoisotopic (exact) mass is 429 g/mol. The number of benzene rings is 1. The minimum Gasteiger partial charge on any atom is -0.396 e. The molecule has 1 saturated carbocycles. The first-order valence-corrected chi connectivity index (χ1v) is 11.2. The standard InChI is InChI=1S/C21H23N3O5S/c1-21(20(22)27,30(2,28)29)19(26)12-24-18-8-7-14(9-16(18)11-23-24)5-3-4-6-15-10-17(15)13-25/h7-9,11,15,17,19,25-26H,10,12-13H2,1-2H3,(H2,22,27)/t15-,17+,19?,21?/m1/s1. The molecule has 3 rings (SSSR count). The molecular weight excluding hydrogens is 406 g/mol. The van der Waals surface area contributed by atoms with E-state index in [0.717, 1.165) is 30.6 Å². The lowest BCUT2D eigenvalue weighted by atomic mass is 10.0. The number of primary amides is 1. The second-order valence-corrected chi connectivity index (χ2v) is 10.1. The van der Waals surface area contributed by atoms with E-state index >= 15 is 0 Å². The lowest BCUT2D eigenvalue weighted by Gasteiger charge is -2.29. The zero-order valence-corrected chi connectivity index (χ0v) is 17.5. The van der Waals surface area contributed by atoms with Crippen LogP contribution < -0.4 is 5.73 Å². The van der Waals surface area contributed by atoms with Gasteiger partial charge in [-0.1, -0.05) is 11.8 Å². The first kappa shape index (κ1) is 21.8. The summed E-state index contributed by atoms with van der Waals surface area (Å²) in [5.41, 5.74) is 6.64. The number of hydrogen-bond acceptors (Lipinski definition) is 6. The summed E-state index contributed by atoms with van der Waals surface area (Å²) in [6.07, 6.45) is 1.77. The SMILES string of the molecule is CC(C(N)=O)(C(O)Cn1ncc2cc(C#CC#C[C@@H]3C[C@H]3CO)ccc21)S(C)(=O)=O. The fourth-order valence-corrected chi connectivity index (χ4v) is 4.03. The van der Waals surface area contributed by atoms with E-state index in [1.807, 2.05) is 0 Å². The molecular formula is C21H23N3O5S. The minimum atomic E-state index is -3.96. The quantitative estimate of drug-likeness (QED) is 0.538. The number of aliphatic hydroxyl groups excluding tert-OH is 2. The van der Waals surface area contributed by atoms with Gasteiger partial charge in [0.2, 0.25) is 5.91 Å². The van der Waals surface area contributed by atoms with Crippen molar-refractivity contribution in [3.05, 3.63) is 30.0 Å². The van der Waals surface area contributed by atoms with Crippen molar-refractivity contribution in [2.24, 2.45) is 17.6 Å². The summed E-state index contributed by atoms with van der Waals surface area (Å²) in [6.45, 7) is 1.05. The van der Waals surface area contributed by atoms with Crippen LogP contribution in [0.1, 0.15) is 18.9 Å². The second kappa shape index (κ2) is 8.11. The maximum absolute atomic E-state index is 12.0. The molecule has 8 nitrogen and oxygen atoms in total. The number of amides is 1. The normalized spacial score (nSPS) is 20.9. The van der Waals surface area contributed by atoms with E-state index in [1.165, 1.54) is 4.68 Å². The van der Waals surface area contributed by atoms with Crippen LogP contribution in [-0.4, -0.2) is 58.0 Å². The van der Waals surface area contributed by atoms with Gasteiger partial charge in [-0.25, -0.2) is 8.42 Å². The summed E-state index contributed by atoms with van der Waals surface area (Å²) in [5.74, 6) is 10.9. The summed E-state index contributed by atoms with van der Waals surface area (Å²) < 4.78 is 23.4. The van der Waals surface area contributed by atoms with Crippen molar-refractivity contribution < 1.29 is 23.4 Å². The molecule has 2 unspecified atom stereocenters. The van der Waals surface area contributed by atoms with Gasteiger partial charge in [0.15, 0.2) is 14.6 Å². The molecule has 9 heteroatoms. The predicted octanol–water partition coefficient (Wildman–Crippen LogP) is -0.331. The van der Waals surface area contributed by atoms with Gasteiger partial charge in [-0.05, 0) is 49.3 Å². The van der Waals surface area contributed by atoms with Crippen LogP contribution in [0.5, 0.6) is 0 Å². The third-order valence-corrected chi connectivity index (χ3v) is 7.58. The summed E-state index contributed by atoms with van der Waals surface area (Å²) in [5, 5.41) is 24.4. The molecule has 30 heavy (non-hydrogen) atoms. The topological polar surface area (TPSA) is 136 Å². The van der Waals surface area contributed by atoms with Crippen LogP contribution in [0.25, 0.3) is 10.9 Å². The van der Waals surface area contributed by atoms with Crippen LogP contribution in [0.15, 0.2) is 24.4 Å². The van der Waals surface area contributed by atoms with E-state index in [-0.39, 0.29) is 25.0 Å². The molecule has 1 aliphatic carbocycles. The molecule has 4 atom stereocenters. The van der Waals surface area contributed by atoms with E-state index < -0.39 is 26.6 Å². The molecule has 1 heterocycles. The van der Waals surface area contributed by atoms with Gasteiger partial charge in [0, 0.05) is 29.7 Å². The van der Waals surface area contributed by atoms with Crippen LogP contribution in [0, 0.1) is 35.5 Å². The molecule has 0 bridgehead atoms. The molecule has 0 aliphatic heterocycles. The van der Waals surface area contributed by atoms with Crippen molar-refractivity contribution in [2.45, 2.75) is 30.7 Å². The van der Waals surface area contributed by atoms with E-state index in [4.69, 9.17) is 10.8 Å². The first-order chi connectivity index (χ1) is 14.1. The van der Waals surface area contributed by atoms with E-state index in [1.54, 1.807) is 24.4 Å². The van der Waals surface area contributed by atoms with Crippen molar-refractivity contribution in [3.8, 4) is 23.7 Å². The Morgan fingerprint density at radius 3 is 2.77 bits per heavy atom. The number of carbonyl (C=O) groups is 1. The van der Waals surface area contributed by atoms with Crippen molar-refractivity contribution in [3.63, 3.8) is 0 Å². The Morgan fingerprint density at radius 1 is 1.43 bits per heavy atom. The maximum atomic E-state index is 12.0. The van der Waals surface area contributed by atoms with Crippen molar-refractivity contribution in [1.29, 1.82) is 0 Å². The van der Waals surface area contributed by atoms with Gasteiger partial charge in [0.05, 0.1) is 18.3 Å². The summed E-state index contributed by atoms with van der Waals surface area (Å²) in [4.78, 5) is 11.8. The average Bonchev–Trinajstić information content (AvgIpc) is 3.34. The Morgan fingerprint density at radius 2 is 2.17 bits per heavy atom. The van der Waals surface area contributed by atoms with E-state index in [9.17, 15) is 18.3 Å². The number of carbonyl (C=O) groups excluding carboxylic acids is 1. The van der Waals surface area contributed by atoms with Crippen LogP contribution in [-0.2, 0) is 21.2 Å². The second-order valence-electron chi connectivity index (χ2n) is 7.66. The Hall–Kier alpha value is -2.85. The molecule has 2 aromatic rings. The summed E-state index contributed by atoms with van der Waals surface area (Å²) >= 11 is 0. The van der Waals surface area contributed by atoms with Crippen LogP contribution >= 0.6 is 0 Å². The average molecular weight is 429 g/mol. The molecule has 1 amide bonds. The number of nitrogens with two attached hydrogens (primary N) is 1. The van der Waals surface area contributed by atoms with Gasteiger partial charge >= 0.3 is 0 Å². The van der Waals surface area contributed by atoms with Crippen LogP contribution in [0.2, 0.25) is 0 Å². The summed E-state index contributed by atoms with van der Waals surface area (Å²) in [6, 6.07) is 5.31. The number of aliphatic hydroxyl groups is 2. The molecule has 1 fully saturated rings. The number of sulfone groups is 1. The number of fused-ring (bicyclic) bond motifs is 1. The van der Waals surface area contributed by atoms with Gasteiger partial charge in [-0.3, -0.25) is 9.48 Å². The minimum absolute atomic E-state index is 0.158. The van der Waals surface area contributed by atoms with Gasteiger partial charge in [-0.15, -0.1) is 0 Å². The lowest BCUT2D eigenvalue weighted by Crippen LogP contribution is -2.57. The van der Waals surface area contributed by atoms with E-state index in [2.05, 4.69) is 28.8 Å². The Bertz CT molecular complexity index is 1210. The smallest absolute Gasteiger partial charge is 0.241 e. The Labute approximate surface area is 175 Å². The Balaban J connectivity index is 1.79. The molecule has 1 aliphatic rings. The fraction of sp³-hybridized carbons (Fsp3) is 0.429. The predicted molar refractivity (Wildman–Crippen MR) is 112 cm³/mol. The van der Waals surface area contributed by atoms with Crippen molar-refractivity contribution in [1.82, 2.24) is 9.78 Å². The highest BCUT2D eigenvalue weighted by Gasteiger charge is 2.48. The lowest BCUT2D eigenvalue weighted by molar-refractivity contribution is -0.123.